The van der Waals surface area contributed by atoms with Gasteiger partial charge in [0, 0.05) is 4.47 Å². The number of aromatic amines is 1. The van der Waals surface area contributed by atoms with Crippen LogP contribution in [0.25, 0.3) is 11.0 Å². The largest absolute Gasteiger partial charge is 0.333 e. The smallest absolute Gasteiger partial charge is 0.270 e. The molecule has 1 aromatic heterocycles. The zero-order chi connectivity index (χ0) is 16.9. The summed E-state index contributed by atoms with van der Waals surface area (Å²) in [5.41, 5.74) is 7.00. The van der Waals surface area contributed by atoms with Gasteiger partial charge in [-0.15, -0.1) is 0 Å². The lowest BCUT2D eigenvalue weighted by atomic mass is 10.2. The SMILES string of the molecule is O=C(CSc1nc2ccccc2[nH]1)NNC(=O)c1ccccc1Br. The van der Waals surface area contributed by atoms with Crippen LogP contribution in [-0.2, 0) is 4.79 Å². The van der Waals surface area contributed by atoms with Crippen LogP contribution in [0.2, 0.25) is 0 Å². The Kier molecular flexibility index (Phi) is 5.17. The van der Waals surface area contributed by atoms with Crippen LogP contribution in [0.3, 0.4) is 0 Å². The second-order valence-corrected chi connectivity index (χ2v) is 6.65. The number of nitrogens with zero attached hydrogens (tertiary/aromatic N) is 1. The van der Waals surface area contributed by atoms with E-state index in [9.17, 15) is 9.59 Å². The van der Waals surface area contributed by atoms with Gasteiger partial charge in [-0.05, 0) is 40.2 Å². The Morgan fingerprint density at radius 2 is 1.83 bits per heavy atom. The van der Waals surface area contributed by atoms with E-state index in [-0.39, 0.29) is 17.6 Å². The van der Waals surface area contributed by atoms with Crippen molar-refractivity contribution in [1.82, 2.24) is 20.8 Å². The normalized spacial score (nSPS) is 10.5. The molecule has 0 aliphatic rings. The fourth-order valence-electron chi connectivity index (χ4n) is 2.01. The molecule has 0 fully saturated rings. The quantitative estimate of drug-likeness (QED) is 0.460. The van der Waals surface area contributed by atoms with Gasteiger partial charge >= 0.3 is 0 Å². The average Bonchev–Trinajstić information content (AvgIpc) is 3.01. The zero-order valence-electron chi connectivity index (χ0n) is 12.4. The molecule has 0 atom stereocenters. The Bertz CT molecular complexity index is 863. The lowest BCUT2D eigenvalue weighted by molar-refractivity contribution is -0.119. The van der Waals surface area contributed by atoms with E-state index in [2.05, 4.69) is 36.7 Å². The number of hydrazine groups is 1. The molecule has 0 aliphatic carbocycles. The lowest BCUT2D eigenvalue weighted by Gasteiger charge is -2.07. The molecule has 3 aromatic rings. The molecule has 24 heavy (non-hydrogen) atoms. The number of thioether (sulfide) groups is 1. The molecular weight excluding hydrogens is 392 g/mol. The predicted octanol–water partition coefficient (Wildman–Crippen LogP) is 2.88. The highest BCUT2D eigenvalue weighted by molar-refractivity contribution is 9.10. The number of fused-ring (bicyclic) bond motifs is 1. The molecule has 1 heterocycles. The second-order valence-electron chi connectivity index (χ2n) is 4.83. The molecule has 0 saturated carbocycles. The first-order chi connectivity index (χ1) is 11.6. The van der Waals surface area contributed by atoms with Crippen LogP contribution in [0.1, 0.15) is 10.4 Å². The topological polar surface area (TPSA) is 86.9 Å². The van der Waals surface area contributed by atoms with E-state index in [0.29, 0.717) is 15.2 Å². The molecule has 2 amide bonds. The molecule has 3 N–H and O–H groups in total. The maximum absolute atomic E-state index is 12.0. The minimum Gasteiger partial charge on any atom is -0.333 e. The van der Waals surface area contributed by atoms with Crippen molar-refractivity contribution in [3.05, 3.63) is 58.6 Å². The summed E-state index contributed by atoms with van der Waals surface area (Å²) in [4.78, 5) is 31.3. The molecular formula is C16H13BrN4O2S. The number of imidazole rings is 1. The summed E-state index contributed by atoms with van der Waals surface area (Å²) >= 11 is 4.56. The summed E-state index contributed by atoms with van der Waals surface area (Å²) in [5.74, 6) is -0.568. The van der Waals surface area contributed by atoms with Gasteiger partial charge in [0.25, 0.3) is 5.91 Å². The van der Waals surface area contributed by atoms with Crippen molar-refractivity contribution in [3.8, 4) is 0 Å². The maximum Gasteiger partial charge on any atom is 0.270 e. The van der Waals surface area contributed by atoms with Crippen LogP contribution in [0.5, 0.6) is 0 Å². The number of benzene rings is 2. The van der Waals surface area contributed by atoms with Crippen molar-refractivity contribution in [2.45, 2.75) is 5.16 Å². The maximum atomic E-state index is 12.0. The predicted molar refractivity (Wildman–Crippen MR) is 96.6 cm³/mol. The van der Waals surface area contributed by atoms with Gasteiger partial charge in [-0.25, -0.2) is 4.98 Å². The number of amides is 2. The second kappa shape index (κ2) is 7.50. The molecule has 3 rings (SSSR count). The molecule has 122 valence electrons. The molecule has 8 heteroatoms. The minimum atomic E-state index is -0.385. The highest BCUT2D eigenvalue weighted by atomic mass is 79.9. The van der Waals surface area contributed by atoms with Gasteiger partial charge in [0.1, 0.15) is 0 Å². The Hall–Kier alpha value is -2.32. The van der Waals surface area contributed by atoms with Gasteiger partial charge in [0.05, 0.1) is 22.3 Å². The van der Waals surface area contributed by atoms with E-state index in [0.717, 1.165) is 11.0 Å². The lowest BCUT2D eigenvalue weighted by Crippen LogP contribution is -2.42. The van der Waals surface area contributed by atoms with E-state index in [1.54, 1.807) is 18.2 Å². The monoisotopic (exact) mass is 404 g/mol. The van der Waals surface area contributed by atoms with Crippen molar-refractivity contribution < 1.29 is 9.59 Å². The van der Waals surface area contributed by atoms with Gasteiger partial charge in [-0.3, -0.25) is 20.4 Å². The molecule has 0 spiro atoms. The van der Waals surface area contributed by atoms with Crippen molar-refractivity contribution in [2.75, 3.05) is 5.75 Å². The first-order valence-corrected chi connectivity index (χ1v) is 8.82. The third-order valence-electron chi connectivity index (χ3n) is 3.14. The Labute approximate surface area is 150 Å². The number of carbonyl (C=O) groups excluding carboxylic acids is 2. The average molecular weight is 405 g/mol. The van der Waals surface area contributed by atoms with E-state index >= 15 is 0 Å². The summed E-state index contributed by atoms with van der Waals surface area (Å²) in [5, 5.41) is 0.656. The van der Waals surface area contributed by atoms with Crippen molar-refractivity contribution in [1.29, 1.82) is 0 Å². The van der Waals surface area contributed by atoms with Gasteiger partial charge in [-0.2, -0.15) is 0 Å². The Morgan fingerprint density at radius 1 is 1.08 bits per heavy atom. The van der Waals surface area contributed by atoms with Crippen LogP contribution in [0, 0.1) is 0 Å². The highest BCUT2D eigenvalue weighted by Crippen LogP contribution is 2.18. The first kappa shape index (κ1) is 16.5. The number of hydrogen-bond donors (Lipinski definition) is 3. The van der Waals surface area contributed by atoms with Crippen molar-refractivity contribution in [2.24, 2.45) is 0 Å². The summed E-state index contributed by atoms with van der Waals surface area (Å²) < 4.78 is 0.661. The molecule has 0 radical (unpaired) electrons. The fraction of sp³-hybridized carbons (Fsp3) is 0.0625. The van der Waals surface area contributed by atoms with Crippen molar-refractivity contribution >= 4 is 50.5 Å². The van der Waals surface area contributed by atoms with Gasteiger partial charge in [-0.1, -0.05) is 36.0 Å². The molecule has 0 unspecified atom stereocenters. The minimum absolute atomic E-state index is 0.135. The molecule has 6 nitrogen and oxygen atoms in total. The number of para-hydroxylation sites is 2. The number of aromatic nitrogens is 2. The third kappa shape index (κ3) is 3.95. The van der Waals surface area contributed by atoms with E-state index in [1.165, 1.54) is 11.8 Å². The van der Waals surface area contributed by atoms with Crippen LogP contribution in [0.4, 0.5) is 0 Å². The summed E-state index contributed by atoms with van der Waals surface area (Å²) in [7, 11) is 0. The third-order valence-corrected chi connectivity index (χ3v) is 4.71. The number of rotatable bonds is 4. The standard InChI is InChI=1S/C16H13BrN4O2S/c17-11-6-2-1-5-10(11)15(23)21-20-14(22)9-24-16-18-12-7-3-4-8-13(12)19-16/h1-8H,9H2,(H,18,19)(H,20,22)(H,21,23). The molecule has 0 aliphatic heterocycles. The summed E-state index contributed by atoms with van der Waals surface area (Å²) in [6.07, 6.45) is 0. The number of hydrogen-bond acceptors (Lipinski definition) is 4. The van der Waals surface area contributed by atoms with Crippen LogP contribution >= 0.6 is 27.7 Å². The summed E-state index contributed by atoms with van der Waals surface area (Å²) in [6.45, 7) is 0. The summed E-state index contributed by atoms with van der Waals surface area (Å²) in [6, 6.07) is 14.6. The van der Waals surface area contributed by atoms with Crippen molar-refractivity contribution in [3.63, 3.8) is 0 Å². The Morgan fingerprint density at radius 3 is 2.62 bits per heavy atom. The molecule has 0 bridgehead atoms. The van der Waals surface area contributed by atoms with Gasteiger partial charge in [0.15, 0.2) is 5.16 Å². The first-order valence-electron chi connectivity index (χ1n) is 7.05. The van der Waals surface area contributed by atoms with E-state index in [4.69, 9.17) is 0 Å². The van der Waals surface area contributed by atoms with E-state index < -0.39 is 0 Å². The zero-order valence-corrected chi connectivity index (χ0v) is 14.8. The highest BCUT2D eigenvalue weighted by Gasteiger charge is 2.11. The van der Waals surface area contributed by atoms with Crippen LogP contribution in [-0.4, -0.2) is 27.5 Å². The van der Waals surface area contributed by atoms with Crippen LogP contribution in [0.15, 0.2) is 58.2 Å². The van der Waals surface area contributed by atoms with Gasteiger partial charge < -0.3 is 4.98 Å². The number of carbonyl (C=O) groups is 2. The number of nitrogens with one attached hydrogen (secondary N) is 3. The van der Waals surface area contributed by atoms with Crippen LogP contribution < -0.4 is 10.9 Å². The number of H-pyrrole nitrogens is 1. The van der Waals surface area contributed by atoms with E-state index in [1.807, 2.05) is 30.3 Å². The Balaban J connectivity index is 1.51. The van der Waals surface area contributed by atoms with Gasteiger partial charge in [0.2, 0.25) is 5.91 Å². The number of halogens is 1. The fourth-order valence-corrected chi connectivity index (χ4v) is 3.16. The molecule has 0 saturated heterocycles. The molecule has 2 aromatic carbocycles.